The van der Waals surface area contributed by atoms with Gasteiger partial charge in [0.25, 0.3) is 0 Å². The molecule has 0 unspecified atom stereocenters. The molecule has 44 valence electrons. The van der Waals surface area contributed by atoms with Crippen molar-refractivity contribution >= 4 is 0 Å². The monoisotopic (exact) mass is 110 g/mol. The Morgan fingerprint density at radius 2 is 2.50 bits per heavy atom. The average Bonchev–Trinajstić information content (AvgIpc) is 2.14. The third-order valence-electron chi connectivity index (χ3n) is 1.51. The summed E-state index contributed by atoms with van der Waals surface area (Å²) in [7, 11) is 0. The first-order valence-electron chi connectivity index (χ1n) is 2.96. The van der Waals surface area contributed by atoms with E-state index in [1.54, 1.807) is 0 Å². The van der Waals surface area contributed by atoms with Crippen LogP contribution in [0.2, 0.25) is 0 Å². The molecule has 0 aromatic heterocycles. The van der Waals surface area contributed by atoms with E-state index in [0.29, 0.717) is 5.92 Å². The molecule has 0 aromatic rings. The van der Waals surface area contributed by atoms with Crippen LogP contribution in [0.4, 0.5) is 0 Å². The molecule has 1 fully saturated rings. The van der Waals surface area contributed by atoms with Gasteiger partial charge in [0.2, 0.25) is 0 Å². The lowest BCUT2D eigenvalue weighted by Crippen LogP contribution is -2.18. The van der Waals surface area contributed by atoms with Crippen LogP contribution in [-0.4, -0.2) is 12.6 Å². The van der Waals surface area contributed by atoms with Crippen LogP contribution in [-0.2, 0) is 0 Å². The molecule has 1 aliphatic rings. The molecule has 8 heavy (non-hydrogen) atoms. The molecule has 1 heterocycles. The Balaban J connectivity index is 2.35. The maximum Gasteiger partial charge on any atom is 0.0956 e. The van der Waals surface area contributed by atoms with Gasteiger partial charge in [-0.2, -0.15) is 5.26 Å². The van der Waals surface area contributed by atoms with Gasteiger partial charge < -0.3 is 5.32 Å². The van der Waals surface area contributed by atoms with E-state index in [4.69, 9.17) is 5.26 Å². The van der Waals surface area contributed by atoms with Crippen LogP contribution in [0.1, 0.15) is 13.3 Å². The summed E-state index contributed by atoms with van der Waals surface area (Å²) < 4.78 is 0. The van der Waals surface area contributed by atoms with Crippen molar-refractivity contribution in [1.82, 2.24) is 5.32 Å². The quantitative estimate of drug-likeness (QED) is 0.493. The molecular formula is C6H10N2. The number of nitriles is 1. The molecule has 0 saturated carbocycles. The highest BCUT2D eigenvalue weighted by Crippen LogP contribution is 2.10. The summed E-state index contributed by atoms with van der Waals surface area (Å²) in [6.45, 7) is 3.17. The van der Waals surface area contributed by atoms with Crippen molar-refractivity contribution in [2.45, 2.75) is 19.4 Å². The minimum Gasteiger partial charge on any atom is -0.302 e. The summed E-state index contributed by atoms with van der Waals surface area (Å²) in [5.41, 5.74) is 0. The minimum absolute atomic E-state index is 0.130. The predicted octanol–water partition coefficient (Wildman–Crippen LogP) is 0.508. The number of rotatable bonds is 0. The third kappa shape index (κ3) is 0.988. The Morgan fingerprint density at radius 1 is 1.75 bits per heavy atom. The summed E-state index contributed by atoms with van der Waals surface area (Å²) >= 11 is 0. The fraction of sp³-hybridized carbons (Fsp3) is 0.833. The van der Waals surface area contributed by atoms with E-state index in [1.807, 2.05) is 0 Å². The zero-order valence-corrected chi connectivity index (χ0v) is 5.02. The first kappa shape index (κ1) is 5.58. The smallest absolute Gasteiger partial charge is 0.0956 e. The molecule has 1 aliphatic heterocycles. The molecular weight excluding hydrogens is 100 g/mol. The van der Waals surface area contributed by atoms with E-state index in [0.717, 1.165) is 13.0 Å². The first-order valence-corrected chi connectivity index (χ1v) is 2.96. The largest absolute Gasteiger partial charge is 0.302 e. The molecule has 2 atom stereocenters. The fourth-order valence-electron chi connectivity index (χ4n) is 1.01. The lowest BCUT2D eigenvalue weighted by atomic mass is 10.1. The minimum atomic E-state index is 0.130. The Kier molecular flexibility index (Phi) is 1.50. The highest BCUT2D eigenvalue weighted by atomic mass is 14.9. The van der Waals surface area contributed by atoms with E-state index < -0.39 is 0 Å². The van der Waals surface area contributed by atoms with Gasteiger partial charge >= 0.3 is 0 Å². The average molecular weight is 110 g/mol. The van der Waals surface area contributed by atoms with Crippen molar-refractivity contribution in [3.8, 4) is 6.07 Å². The van der Waals surface area contributed by atoms with Gasteiger partial charge in [0.15, 0.2) is 0 Å². The highest BCUT2D eigenvalue weighted by molar-refractivity contribution is 4.95. The Bertz CT molecular complexity index is 114. The maximum absolute atomic E-state index is 8.37. The molecule has 0 bridgehead atoms. The summed E-state index contributed by atoms with van der Waals surface area (Å²) in [4.78, 5) is 0. The number of hydrogen-bond acceptors (Lipinski definition) is 2. The van der Waals surface area contributed by atoms with Gasteiger partial charge in [-0.3, -0.25) is 0 Å². The standard InChI is InChI=1S/C6H10N2/c1-5-2-6(3-7)8-4-5/h5-6,8H,2,4H2,1H3/t5-,6-/m1/s1. The lowest BCUT2D eigenvalue weighted by Gasteiger charge is -1.93. The third-order valence-corrected chi connectivity index (χ3v) is 1.51. The SMILES string of the molecule is C[C@H]1CN[C@@H](C#N)C1. The van der Waals surface area contributed by atoms with Crippen LogP contribution in [0.15, 0.2) is 0 Å². The second-order valence-electron chi connectivity index (χ2n) is 2.43. The van der Waals surface area contributed by atoms with E-state index in [1.165, 1.54) is 0 Å². The van der Waals surface area contributed by atoms with Crippen LogP contribution in [0.3, 0.4) is 0 Å². The molecule has 0 aliphatic carbocycles. The van der Waals surface area contributed by atoms with Gasteiger partial charge in [0.05, 0.1) is 12.1 Å². The molecule has 0 radical (unpaired) electrons. The van der Waals surface area contributed by atoms with E-state index in [2.05, 4.69) is 18.3 Å². The lowest BCUT2D eigenvalue weighted by molar-refractivity contribution is 0.643. The maximum atomic E-state index is 8.37. The van der Waals surface area contributed by atoms with Gasteiger partial charge in [-0.1, -0.05) is 6.92 Å². The molecule has 1 rings (SSSR count). The van der Waals surface area contributed by atoms with Gasteiger partial charge in [-0.05, 0) is 18.9 Å². The normalized spacial score (nSPS) is 37.0. The van der Waals surface area contributed by atoms with Gasteiger partial charge in [0, 0.05) is 0 Å². The number of hydrogen-bond donors (Lipinski definition) is 1. The molecule has 2 heteroatoms. The second-order valence-corrected chi connectivity index (χ2v) is 2.43. The van der Waals surface area contributed by atoms with Crippen LogP contribution in [0, 0.1) is 17.2 Å². The number of nitrogens with one attached hydrogen (secondary N) is 1. The zero-order valence-electron chi connectivity index (χ0n) is 5.02. The van der Waals surface area contributed by atoms with Crippen LogP contribution >= 0.6 is 0 Å². The summed E-state index contributed by atoms with van der Waals surface area (Å²) in [6.07, 6.45) is 1.02. The molecule has 2 nitrogen and oxygen atoms in total. The first-order chi connectivity index (χ1) is 3.83. The molecule has 1 saturated heterocycles. The Morgan fingerprint density at radius 3 is 2.75 bits per heavy atom. The van der Waals surface area contributed by atoms with Crippen molar-refractivity contribution in [2.24, 2.45) is 5.92 Å². The summed E-state index contributed by atoms with van der Waals surface area (Å²) in [6, 6.07) is 2.31. The number of nitrogens with zero attached hydrogens (tertiary/aromatic N) is 1. The van der Waals surface area contributed by atoms with Gasteiger partial charge in [-0.25, -0.2) is 0 Å². The van der Waals surface area contributed by atoms with Crippen LogP contribution in [0.25, 0.3) is 0 Å². The molecule has 1 N–H and O–H groups in total. The molecule has 0 spiro atoms. The van der Waals surface area contributed by atoms with E-state index >= 15 is 0 Å². The van der Waals surface area contributed by atoms with Crippen molar-refractivity contribution < 1.29 is 0 Å². The topological polar surface area (TPSA) is 35.8 Å². The summed E-state index contributed by atoms with van der Waals surface area (Å²) in [5.74, 6) is 0.694. The predicted molar refractivity (Wildman–Crippen MR) is 31.2 cm³/mol. The Hall–Kier alpha value is -0.550. The van der Waals surface area contributed by atoms with Crippen molar-refractivity contribution in [2.75, 3.05) is 6.54 Å². The van der Waals surface area contributed by atoms with Gasteiger partial charge in [-0.15, -0.1) is 0 Å². The Labute approximate surface area is 49.5 Å². The fourth-order valence-corrected chi connectivity index (χ4v) is 1.01. The van der Waals surface area contributed by atoms with E-state index in [9.17, 15) is 0 Å². The van der Waals surface area contributed by atoms with Crippen molar-refractivity contribution in [1.29, 1.82) is 5.26 Å². The van der Waals surface area contributed by atoms with Crippen LogP contribution in [0.5, 0.6) is 0 Å². The molecule has 0 amide bonds. The summed E-state index contributed by atoms with van der Waals surface area (Å²) in [5, 5.41) is 11.5. The molecule has 0 aromatic carbocycles. The highest BCUT2D eigenvalue weighted by Gasteiger charge is 2.18. The van der Waals surface area contributed by atoms with Crippen molar-refractivity contribution in [3.05, 3.63) is 0 Å². The van der Waals surface area contributed by atoms with Crippen LogP contribution < -0.4 is 5.32 Å². The van der Waals surface area contributed by atoms with E-state index in [-0.39, 0.29) is 6.04 Å². The van der Waals surface area contributed by atoms with Gasteiger partial charge in [0.1, 0.15) is 0 Å². The van der Waals surface area contributed by atoms with Crippen molar-refractivity contribution in [3.63, 3.8) is 0 Å². The second kappa shape index (κ2) is 2.15. The zero-order chi connectivity index (χ0) is 5.98.